The van der Waals surface area contributed by atoms with E-state index in [9.17, 15) is 0 Å². The molecule has 0 aromatic heterocycles. The van der Waals surface area contributed by atoms with Gasteiger partial charge in [0.2, 0.25) is 0 Å². The monoisotopic (exact) mass is 142 g/mol. The smallest absolute Gasteiger partial charge is 0.134 e. The molecule has 2 heteroatoms. The van der Waals surface area contributed by atoms with Gasteiger partial charge >= 0.3 is 0 Å². The highest BCUT2D eigenvalue weighted by atomic mass is 16.5. The van der Waals surface area contributed by atoms with Gasteiger partial charge in [-0.05, 0) is 13.8 Å². The van der Waals surface area contributed by atoms with Crippen LogP contribution in [0.25, 0.3) is 0 Å². The maximum atomic E-state index is 5.30. The number of hydrogen-bond donors (Lipinski definition) is 0. The summed E-state index contributed by atoms with van der Waals surface area (Å²) in [6.45, 7) is 5.50. The van der Waals surface area contributed by atoms with Gasteiger partial charge in [-0.25, -0.2) is 0 Å². The Kier molecular flexibility index (Phi) is 2.60. The quantitative estimate of drug-likeness (QED) is 0.598. The first kappa shape index (κ1) is 7.45. The van der Waals surface area contributed by atoms with Crippen LogP contribution in [0.15, 0.2) is 11.5 Å². The maximum absolute atomic E-state index is 5.30. The third-order valence-electron chi connectivity index (χ3n) is 1.53. The molecule has 0 amide bonds. The van der Waals surface area contributed by atoms with Crippen LogP contribution in [0.2, 0.25) is 0 Å². The summed E-state index contributed by atoms with van der Waals surface area (Å²) in [6, 6.07) is 0. The molecular formula is C8H14O2. The minimum atomic E-state index is 0.756. The lowest BCUT2D eigenvalue weighted by Gasteiger charge is -2.22. The van der Waals surface area contributed by atoms with Crippen molar-refractivity contribution in [2.45, 2.75) is 26.7 Å². The highest BCUT2D eigenvalue weighted by molar-refractivity contribution is 5.12. The first-order valence-electron chi connectivity index (χ1n) is 3.86. The van der Waals surface area contributed by atoms with Crippen molar-refractivity contribution in [2.24, 2.45) is 0 Å². The largest absolute Gasteiger partial charge is 0.495 e. The summed E-state index contributed by atoms with van der Waals surface area (Å²) in [5.74, 6) is 2.12. The fourth-order valence-corrected chi connectivity index (χ4v) is 0.983. The average molecular weight is 142 g/mol. The molecule has 0 spiro atoms. The molecule has 1 aliphatic carbocycles. The van der Waals surface area contributed by atoms with E-state index in [0.29, 0.717) is 0 Å². The normalized spacial score (nSPS) is 16.6. The summed E-state index contributed by atoms with van der Waals surface area (Å²) < 4.78 is 10.6. The van der Waals surface area contributed by atoms with E-state index in [1.54, 1.807) is 0 Å². The van der Waals surface area contributed by atoms with E-state index in [1.807, 2.05) is 13.8 Å². The van der Waals surface area contributed by atoms with Crippen molar-refractivity contribution in [3.63, 3.8) is 0 Å². The molecule has 0 bridgehead atoms. The van der Waals surface area contributed by atoms with Gasteiger partial charge in [0.1, 0.15) is 11.5 Å². The second kappa shape index (κ2) is 3.49. The molecule has 0 unspecified atom stereocenters. The van der Waals surface area contributed by atoms with Crippen molar-refractivity contribution in [2.75, 3.05) is 13.2 Å². The summed E-state index contributed by atoms with van der Waals surface area (Å²) in [6.07, 6.45) is 2.12. The standard InChI is InChI=1S/C8H14O2/c1-3-9-7-5-6-8(7)10-4-2/h3-6H2,1-2H3. The molecule has 0 fully saturated rings. The van der Waals surface area contributed by atoms with Crippen LogP contribution in [0.4, 0.5) is 0 Å². The average Bonchev–Trinajstić information content (AvgIpc) is 1.93. The number of ether oxygens (including phenoxy) is 2. The zero-order valence-corrected chi connectivity index (χ0v) is 6.64. The number of rotatable bonds is 4. The molecule has 58 valence electrons. The molecule has 0 saturated heterocycles. The van der Waals surface area contributed by atoms with E-state index in [0.717, 1.165) is 37.6 Å². The molecule has 0 aromatic carbocycles. The zero-order chi connectivity index (χ0) is 7.40. The molecule has 0 heterocycles. The van der Waals surface area contributed by atoms with Gasteiger partial charge in [-0.3, -0.25) is 0 Å². The fraction of sp³-hybridized carbons (Fsp3) is 0.750. The second-order valence-electron chi connectivity index (χ2n) is 2.21. The molecule has 1 rings (SSSR count). The van der Waals surface area contributed by atoms with E-state index in [4.69, 9.17) is 9.47 Å². The lowest BCUT2D eigenvalue weighted by molar-refractivity contribution is 0.123. The van der Waals surface area contributed by atoms with Gasteiger partial charge in [0.05, 0.1) is 13.2 Å². The van der Waals surface area contributed by atoms with Crippen LogP contribution < -0.4 is 0 Å². The highest BCUT2D eigenvalue weighted by Gasteiger charge is 2.19. The Bertz CT molecular complexity index is 122. The summed E-state index contributed by atoms with van der Waals surface area (Å²) in [5, 5.41) is 0. The van der Waals surface area contributed by atoms with Crippen molar-refractivity contribution in [3.05, 3.63) is 11.5 Å². The Hall–Kier alpha value is -0.660. The van der Waals surface area contributed by atoms with Gasteiger partial charge in [0.15, 0.2) is 0 Å². The van der Waals surface area contributed by atoms with Gasteiger partial charge in [0, 0.05) is 12.8 Å². The molecule has 2 nitrogen and oxygen atoms in total. The van der Waals surface area contributed by atoms with E-state index in [1.165, 1.54) is 0 Å². The van der Waals surface area contributed by atoms with Crippen LogP contribution in [-0.2, 0) is 9.47 Å². The van der Waals surface area contributed by atoms with E-state index in [-0.39, 0.29) is 0 Å². The lowest BCUT2D eigenvalue weighted by Crippen LogP contribution is -2.10. The van der Waals surface area contributed by atoms with Crippen molar-refractivity contribution in [3.8, 4) is 0 Å². The van der Waals surface area contributed by atoms with Crippen molar-refractivity contribution >= 4 is 0 Å². The highest BCUT2D eigenvalue weighted by Crippen LogP contribution is 2.29. The van der Waals surface area contributed by atoms with Gasteiger partial charge in [-0.2, -0.15) is 0 Å². The maximum Gasteiger partial charge on any atom is 0.134 e. The van der Waals surface area contributed by atoms with Crippen molar-refractivity contribution in [1.82, 2.24) is 0 Å². The van der Waals surface area contributed by atoms with Crippen LogP contribution >= 0.6 is 0 Å². The molecule has 0 radical (unpaired) electrons. The van der Waals surface area contributed by atoms with E-state index >= 15 is 0 Å². The molecule has 0 aromatic rings. The van der Waals surface area contributed by atoms with Gasteiger partial charge in [-0.15, -0.1) is 0 Å². The lowest BCUT2D eigenvalue weighted by atomic mass is 10.1. The Balaban J connectivity index is 2.34. The first-order valence-corrected chi connectivity index (χ1v) is 3.86. The van der Waals surface area contributed by atoms with Gasteiger partial charge < -0.3 is 9.47 Å². The van der Waals surface area contributed by atoms with Crippen LogP contribution in [0.1, 0.15) is 26.7 Å². The molecule has 0 saturated carbocycles. The summed E-state index contributed by atoms with van der Waals surface area (Å²) in [7, 11) is 0. The Labute approximate surface area is 61.8 Å². The van der Waals surface area contributed by atoms with E-state index < -0.39 is 0 Å². The minimum absolute atomic E-state index is 0.756. The zero-order valence-electron chi connectivity index (χ0n) is 6.64. The van der Waals surface area contributed by atoms with Gasteiger partial charge in [-0.1, -0.05) is 0 Å². The molecule has 1 aliphatic rings. The molecular weight excluding hydrogens is 128 g/mol. The molecule has 10 heavy (non-hydrogen) atoms. The number of hydrogen-bond acceptors (Lipinski definition) is 2. The minimum Gasteiger partial charge on any atom is -0.495 e. The topological polar surface area (TPSA) is 18.5 Å². The van der Waals surface area contributed by atoms with Gasteiger partial charge in [0.25, 0.3) is 0 Å². The number of allylic oxidation sites excluding steroid dienone is 2. The molecule has 0 aliphatic heterocycles. The van der Waals surface area contributed by atoms with Crippen molar-refractivity contribution < 1.29 is 9.47 Å². The summed E-state index contributed by atoms with van der Waals surface area (Å²) in [4.78, 5) is 0. The fourth-order valence-electron chi connectivity index (χ4n) is 0.983. The Morgan fingerprint density at radius 1 is 1.00 bits per heavy atom. The SMILES string of the molecule is CCOC1=C(OCC)CC1. The Morgan fingerprint density at radius 3 is 1.60 bits per heavy atom. The second-order valence-corrected chi connectivity index (χ2v) is 2.21. The van der Waals surface area contributed by atoms with E-state index in [2.05, 4.69) is 0 Å². The third kappa shape index (κ3) is 1.43. The Morgan fingerprint density at radius 2 is 1.40 bits per heavy atom. The molecule has 0 N–H and O–H groups in total. The summed E-state index contributed by atoms with van der Waals surface area (Å²) >= 11 is 0. The van der Waals surface area contributed by atoms with Crippen LogP contribution in [-0.4, -0.2) is 13.2 Å². The van der Waals surface area contributed by atoms with Crippen molar-refractivity contribution in [1.29, 1.82) is 0 Å². The van der Waals surface area contributed by atoms with Crippen LogP contribution in [0.5, 0.6) is 0 Å². The predicted octanol–water partition coefficient (Wildman–Crippen LogP) is 2.06. The predicted molar refractivity (Wildman–Crippen MR) is 39.5 cm³/mol. The first-order chi connectivity index (χ1) is 4.88. The van der Waals surface area contributed by atoms with Crippen LogP contribution in [0.3, 0.4) is 0 Å². The summed E-state index contributed by atoms with van der Waals surface area (Å²) in [5.41, 5.74) is 0. The van der Waals surface area contributed by atoms with Crippen LogP contribution in [0, 0.1) is 0 Å². The molecule has 0 atom stereocenters. The third-order valence-corrected chi connectivity index (χ3v) is 1.53.